The van der Waals surface area contributed by atoms with E-state index in [0.29, 0.717) is 12.8 Å². The molecule has 0 aromatic rings. The van der Waals surface area contributed by atoms with Crippen LogP contribution in [0.3, 0.4) is 0 Å². The largest absolute Gasteiger partial charge is 0.472 e. The van der Waals surface area contributed by atoms with Crippen LogP contribution in [0.1, 0.15) is 335 Å². The molecule has 0 saturated carbocycles. The van der Waals surface area contributed by atoms with E-state index >= 15 is 0 Å². The first-order valence-electron chi connectivity index (χ1n) is 30.2. The maximum absolute atomic E-state index is 12.9. The molecule has 0 radical (unpaired) electrons. The monoisotopic (exact) mass is 971 g/mol. The predicted molar refractivity (Wildman–Crippen MR) is 291 cm³/mol. The summed E-state index contributed by atoms with van der Waals surface area (Å²) in [4.78, 5) is 22.9. The highest BCUT2D eigenvalue weighted by Gasteiger charge is 2.27. The molecule has 0 aromatic heterocycles. The van der Waals surface area contributed by atoms with Gasteiger partial charge in [0.25, 0.3) is 0 Å². The fraction of sp³-hybridized carbons (Fsp3) is 0.983. The minimum atomic E-state index is -4.32. The van der Waals surface area contributed by atoms with Gasteiger partial charge < -0.3 is 21.1 Å². The number of carbonyl (C=O) groups excluding carboxylic acids is 1. The number of amides is 1. The summed E-state index contributed by atoms with van der Waals surface area (Å²) < 4.78 is 22.3. The summed E-state index contributed by atoms with van der Waals surface area (Å²) in [5.74, 6) is -0.152. The number of phosphoric ester groups is 1. The molecule has 0 fully saturated rings. The van der Waals surface area contributed by atoms with Crippen LogP contribution >= 0.6 is 7.82 Å². The molecule has 1 amide bonds. The van der Waals surface area contributed by atoms with Crippen molar-refractivity contribution in [2.24, 2.45) is 5.73 Å². The molecular weight excluding hydrogens is 852 g/mol. The van der Waals surface area contributed by atoms with Gasteiger partial charge in [-0.25, -0.2) is 4.57 Å². The van der Waals surface area contributed by atoms with Crippen molar-refractivity contribution < 1.29 is 28.4 Å². The van der Waals surface area contributed by atoms with Crippen LogP contribution in [0.5, 0.6) is 0 Å². The Kier molecular flexibility index (Phi) is 54.4. The smallest absolute Gasteiger partial charge is 0.391 e. The van der Waals surface area contributed by atoms with Crippen molar-refractivity contribution in [1.29, 1.82) is 0 Å². The SMILES string of the molecule is CCCCCCCCCCCCCCCCCCCCCCCCCCCCCCCCCCCC(=O)N[C@@H](COP(=O)(O)OCCN)[C@H](O)CCCCCCCCCCCCCCCCC. The molecule has 9 heteroatoms. The van der Waals surface area contributed by atoms with E-state index in [9.17, 15) is 19.4 Å². The van der Waals surface area contributed by atoms with Gasteiger partial charge in [-0.2, -0.15) is 0 Å². The summed E-state index contributed by atoms with van der Waals surface area (Å²) in [5, 5.41) is 13.9. The Hall–Kier alpha value is -0.500. The Labute approximate surface area is 418 Å². The standard InChI is InChI=1S/C58H119N2O6P/c1-3-5-7-9-11-13-15-17-19-20-21-22-23-24-25-26-27-28-29-30-31-32-33-34-35-36-38-40-42-44-46-48-50-52-58(62)60-56(55-66-67(63,64)65-54-53-59)57(61)51-49-47-45-43-41-39-37-18-16-14-12-10-8-6-4-2/h56-57,61H,3-55,59H2,1-2H3,(H,60,62)(H,63,64)/t56-,57+/m0/s1. The fourth-order valence-corrected chi connectivity index (χ4v) is 10.4. The van der Waals surface area contributed by atoms with Crippen molar-refractivity contribution in [2.75, 3.05) is 19.8 Å². The summed E-state index contributed by atoms with van der Waals surface area (Å²) in [7, 11) is -4.32. The average molecular weight is 972 g/mol. The van der Waals surface area contributed by atoms with Crippen LogP contribution in [0.15, 0.2) is 0 Å². The van der Waals surface area contributed by atoms with Crippen molar-refractivity contribution in [3.63, 3.8) is 0 Å². The zero-order valence-corrected chi connectivity index (χ0v) is 46.1. The van der Waals surface area contributed by atoms with E-state index in [1.807, 2.05) is 0 Å². The van der Waals surface area contributed by atoms with Gasteiger partial charge in [0.1, 0.15) is 0 Å². The number of unbranched alkanes of at least 4 members (excludes halogenated alkanes) is 46. The lowest BCUT2D eigenvalue weighted by molar-refractivity contribution is -0.123. The molecule has 0 heterocycles. The number of nitrogens with one attached hydrogen (secondary N) is 1. The zero-order valence-electron chi connectivity index (χ0n) is 45.2. The first kappa shape index (κ1) is 66.5. The van der Waals surface area contributed by atoms with Crippen LogP contribution in [0.2, 0.25) is 0 Å². The molecule has 0 aliphatic heterocycles. The molecule has 8 nitrogen and oxygen atoms in total. The maximum atomic E-state index is 12.9. The molecule has 5 N–H and O–H groups in total. The second-order valence-corrected chi connectivity index (χ2v) is 22.4. The number of hydrogen-bond donors (Lipinski definition) is 4. The number of aliphatic hydroxyl groups excluding tert-OH is 1. The van der Waals surface area contributed by atoms with Crippen LogP contribution in [0, 0.1) is 0 Å². The van der Waals surface area contributed by atoms with Gasteiger partial charge in [-0.1, -0.05) is 316 Å². The van der Waals surface area contributed by atoms with Gasteiger partial charge in [0.05, 0.1) is 25.4 Å². The third kappa shape index (κ3) is 53.1. The average Bonchev–Trinajstić information content (AvgIpc) is 3.32. The summed E-state index contributed by atoms with van der Waals surface area (Å²) in [5.41, 5.74) is 5.41. The Morgan fingerprint density at radius 2 is 0.687 bits per heavy atom. The minimum Gasteiger partial charge on any atom is -0.391 e. The summed E-state index contributed by atoms with van der Waals surface area (Å²) in [6, 6.07) is -0.769. The number of rotatable bonds is 58. The van der Waals surface area contributed by atoms with Gasteiger partial charge in [-0.05, 0) is 12.8 Å². The van der Waals surface area contributed by atoms with Gasteiger partial charge in [-0.3, -0.25) is 13.8 Å². The van der Waals surface area contributed by atoms with Crippen LogP contribution in [-0.4, -0.2) is 47.8 Å². The molecule has 1 unspecified atom stereocenters. The highest BCUT2D eigenvalue weighted by Crippen LogP contribution is 2.43. The molecule has 0 bridgehead atoms. The first-order valence-corrected chi connectivity index (χ1v) is 31.6. The molecule has 0 rings (SSSR count). The second-order valence-electron chi connectivity index (χ2n) is 20.9. The fourth-order valence-electron chi connectivity index (χ4n) is 9.67. The van der Waals surface area contributed by atoms with Crippen molar-refractivity contribution >= 4 is 13.7 Å². The van der Waals surface area contributed by atoms with E-state index in [2.05, 4.69) is 19.2 Å². The van der Waals surface area contributed by atoms with E-state index in [4.69, 9.17) is 14.8 Å². The van der Waals surface area contributed by atoms with E-state index in [-0.39, 0.29) is 25.7 Å². The van der Waals surface area contributed by atoms with Gasteiger partial charge in [0.2, 0.25) is 5.91 Å². The van der Waals surface area contributed by atoms with E-state index in [1.165, 1.54) is 270 Å². The lowest BCUT2D eigenvalue weighted by atomic mass is 10.0. The van der Waals surface area contributed by atoms with Gasteiger partial charge >= 0.3 is 7.82 Å². The van der Waals surface area contributed by atoms with Gasteiger partial charge in [0, 0.05) is 13.0 Å². The predicted octanol–water partition coefficient (Wildman–Crippen LogP) is 18.5. The van der Waals surface area contributed by atoms with E-state index in [0.717, 1.165) is 38.5 Å². The lowest BCUT2D eigenvalue weighted by Crippen LogP contribution is -2.46. The normalized spacial score (nSPS) is 13.6. The number of nitrogens with two attached hydrogens (primary N) is 1. The van der Waals surface area contributed by atoms with E-state index < -0.39 is 20.0 Å². The van der Waals surface area contributed by atoms with Crippen LogP contribution in [0.4, 0.5) is 0 Å². The van der Waals surface area contributed by atoms with Gasteiger partial charge in [-0.15, -0.1) is 0 Å². The summed E-state index contributed by atoms with van der Waals surface area (Å²) in [6.07, 6.45) is 64.6. The quantitative estimate of drug-likeness (QED) is 0.0353. The number of hydrogen-bond acceptors (Lipinski definition) is 6. The van der Waals surface area contributed by atoms with Crippen molar-refractivity contribution in [1.82, 2.24) is 5.32 Å². The summed E-state index contributed by atoms with van der Waals surface area (Å²) >= 11 is 0. The lowest BCUT2D eigenvalue weighted by Gasteiger charge is -2.25. The maximum Gasteiger partial charge on any atom is 0.472 e. The van der Waals surface area contributed by atoms with Gasteiger partial charge in [0.15, 0.2) is 0 Å². The number of carbonyl (C=O) groups is 1. The first-order chi connectivity index (χ1) is 32.9. The third-order valence-electron chi connectivity index (χ3n) is 14.2. The minimum absolute atomic E-state index is 0.0929. The molecule has 67 heavy (non-hydrogen) atoms. The topological polar surface area (TPSA) is 131 Å². The van der Waals surface area contributed by atoms with Crippen molar-refractivity contribution in [3.8, 4) is 0 Å². The van der Waals surface area contributed by atoms with Crippen molar-refractivity contribution in [3.05, 3.63) is 0 Å². The van der Waals surface area contributed by atoms with Crippen LogP contribution in [0.25, 0.3) is 0 Å². The molecule has 0 aromatic carbocycles. The molecule has 0 aliphatic rings. The van der Waals surface area contributed by atoms with Crippen LogP contribution < -0.4 is 11.1 Å². The molecule has 0 spiro atoms. The highest BCUT2D eigenvalue weighted by atomic mass is 31.2. The molecule has 3 atom stereocenters. The van der Waals surface area contributed by atoms with E-state index in [1.54, 1.807) is 0 Å². The molecular formula is C58H119N2O6P. The number of phosphoric acid groups is 1. The van der Waals surface area contributed by atoms with Crippen molar-refractivity contribution in [2.45, 2.75) is 347 Å². The molecule has 0 saturated heterocycles. The molecule has 0 aliphatic carbocycles. The van der Waals surface area contributed by atoms with Crippen LogP contribution in [-0.2, 0) is 18.4 Å². The number of aliphatic hydroxyl groups is 1. The highest BCUT2D eigenvalue weighted by molar-refractivity contribution is 7.47. The Morgan fingerprint density at radius 3 is 0.955 bits per heavy atom. The Balaban J connectivity index is 3.78. The molecule has 402 valence electrons. The Bertz CT molecular complexity index is 1020. The second kappa shape index (κ2) is 54.8. The Morgan fingerprint density at radius 1 is 0.433 bits per heavy atom. The third-order valence-corrected chi connectivity index (χ3v) is 15.2. The summed E-state index contributed by atoms with van der Waals surface area (Å²) in [6.45, 7) is 4.27. The zero-order chi connectivity index (χ0) is 48.8.